The van der Waals surface area contributed by atoms with Crippen LogP contribution in [0, 0.1) is 6.92 Å². The Morgan fingerprint density at radius 3 is 2.79 bits per heavy atom. The van der Waals surface area contributed by atoms with E-state index in [1.165, 1.54) is 0 Å². The predicted molar refractivity (Wildman–Crippen MR) is 82.6 cm³/mol. The van der Waals surface area contributed by atoms with Gasteiger partial charge in [0, 0.05) is 38.1 Å². The number of piperazine rings is 1. The summed E-state index contributed by atoms with van der Waals surface area (Å²) in [6.45, 7) is 8.23. The highest BCUT2D eigenvalue weighted by atomic mass is 35.5. The van der Waals surface area contributed by atoms with Crippen LogP contribution in [0.3, 0.4) is 0 Å². The van der Waals surface area contributed by atoms with Crippen molar-refractivity contribution in [2.45, 2.75) is 13.3 Å². The first-order valence-corrected chi connectivity index (χ1v) is 7.46. The van der Waals surface area contributed by atoms with Gasteiger partial charge in [0.1, 0.15) is 0 Å². The van der Waals surface area contributed by atoms with Crippen molar-refractivity contribution in [3.63, 3.8) is 0 Å². The number of thiophene rings is 1. The number of aryl methyl sites for hydroxylation is 1. The van der Waals surface area contributed by atoms with E-state index in [1.807, 2.05) is 17.7 Å². The van der Waals surface area contributed by atoms with Crippen molar-refractivity contribution in [2.24, 2.45) is 0 Å². The van der Waals surface area contributed by atoms with Crippen LogP contribution in [-0.2, 0) is 0 Å². The van der Waals surface area contributed by atoms with Gasteiger partial charge in [0.2, 0.25) is 0 Å². The summed E-state index contributed by atoms with van der Waals surface area (Å²) in [7, 11) is 0. The maximum Gasteiger partial charge on any atom is 0.252 e. The molecule has 1 aliphatic heterocycles. The molecule has 19 heavy (non-hydrogen) atoms. The van der Waals surface area contributed by atoms with E-state index in [1.54, 1.807) is 11.3 Å². The van der Waals surface area contributed by atoms with E-state index < -0.39 is 0 Å². The monoisotopic (exact) mass is 303 g/mol. The zero-order valence-electron chi connectivity index (χ0n) is 11.3. The first-order chi connectivity index (χ1) is 8.77. The molecule has 0 atom stereocenters. The van der Waals surface area contributed by atoms with Crippen molar-refractivity contribution < 1.29 is 4.79 Å². The van der Waals surface area contributed by atoms with Crippen LogP contribution in [0.25, 0.3) is 0 Å². The van der Waals surface area contributed by atoms with Gasteiger partial charge in [0.05, 0.1) is 5.56 Å². The molecule has 4 nitrogen and oxygen atoms in total. The highest BCUT2D eigenvalue weighted by Crippen LogP contribution is 2.13. The van der Waals surface area contributed by atoms with Gasteiger partial charge in [0.15, 0.2) is 0 Å². The van der Waals surface area contributed by atoms with Crippen LogP contribution in [0.1, 0.15) is 22.3 Å². The van der Waals surface area contributed by atoms with E-state index in [0.717, 1.165) is 56.8 Å². The third-order valence-corrected chi connectivity index (χ3v) is 4.11. The Morgan fingerprint density at radius 1 is 1.42 bits per heavy atom. The minimum atomic E-state index is 0. The maximum atomic E-state index is 11.8. The SMILES string of the molecule is Cc1cscc1C(=O)NCCCN1CCNCC1.Cl. The van der Waals surface area contributed by atoms with Crippen molar-refractivity contribution in [1.29, 1.82) is 0 Å². The summed E-state index contributed by atoms with van der Waals surface area (Å²) in [5.74, 6) is 0.0639. The minimum absolute atomic E-state index is 0. The number of carbonyl (C=O) groups is 1. The lowest BCUT2D eigenvalue weighted by atomic mass is 10.2. The maximum absolute atomic E-state index is 11.8. The Kier molecular flexibility index (Phi) is 7.38. The van der Waals surface area contributed by atoms with E-state index >= 15 is 0 Å². The number of carbonyl (C=O) groups excluding carboxylic acids is 1. The van der Waals surface area contributed by atoms with E-state index in [4.69, 9.17) is 0 Å². The van der Waals surface area contributed by atoms with Crippen LogP contribution < -0.4 is 10.6 Å². The molecule has 1 aliphatic rings. The zero-order chi connectivity index (χ0) is 12.8. The molecule has 0 unspecified atom stereocenters. The molecule has 2 rings (SSSR count). The summed E-state index contributed by atoms with van der Waals surface area (Å²) in [6.07, 6.45) is 1.02. The van der Waals surface area contributed by atoms with Crippen LogP contribution >= 0.6 is 23.7 Å². The highest BCUT2D eigenvalue weighted by molar-refractivity contribution is 7.08. The Bertz CT molecular complexity index is 391. The molecule has 1 aromatic rings. The molecule has 0 radical (unpaired) electrons. The Hall–Kier alpha value is -0.620. The van der Waals surface area contributed by atoms with Gasteiger partial charge in [-0.3, -0.25) is 4.79 Å². The van der Waals surface area contributed by atoms with Gasteiger partial charge in [-0.2, -0.15) is 11.3 Å². The summed E-state index contributed by atoms with van der Waals surface area (Å²) in [5, 5.41) is 10.3. The first-order valence-electron chi connectivity index (χ1n) is 6.51. The molecule has 0 aliphatic carbocycles. The number of hydrogen-bond donors (Lipinski definition) is 2. The first kappa shape index (κ1) is 16.4. The molecule has 108 valence electrons. The lowest BCUT2D eigenvalue weighted by Crippen LogP contribution is -2.44. The van der Waals surface area contributed by atoms with Crippen molar-refractivity contribution in [2.75, 3.05) is 39.3 Å². The Balaban J connectivity index is 0.00000180. The van der Waals surface area contributed by atoms with E-state index in [-0.39, 0.29) is 18.3 Å². The van der Waals surface area contributed by atoms with E-state index in [2.05, 4.69) is 15.5 Å². The second-order valence-electron chi connectivity index (χ2n) is 4.67. The van der Waals surface area contributed by atoms with Crippen molar-refractivity contribution in [3.8, 4) is 0 Å². The molecule has 1 amide bonds. The normalized spacial score (nSPS) is 15.8. The molecule has 2 heterocycles. The Morgan fingerprint density at radius 2 is 2.16 bits per heavy atom. The smallest absolute Gasteiger partial charge is 0.252 e. The topological polar surface area (TPSA) is 44.4 Å². The van der Waals surface area contributed by atoms with E-state index in [9.17, 15) is 4.79 Å². The fraction of sp³-hybridized carbons (Fsp3) is 0.615. The van der Waals surface area contributed by atoms with Gasteiger partial charge in [-0.25, -0.2) is 0 Å². The summed E-state index contributed by atoms with van der Waals surface area (Å²) in [5.41, 5.74) is 1.89. The lowest BCUT2D eigenvalue weighted by molar-refractivity contribution is 0.0951. The van der Waals surface area contributed by atoms with Crippen LogP contribution in [0.4, 0.5) is 0 Å². The molecular weight excluding hydrogens is 282 g/mol. The van der Waals surface area contributed by atoms with Crippen molar-refractivity contribution in [3.05, 3.63) is 21.9 Å². The summed E-state index contributed by atoms with van der Waals surface area (Å²) >= 11 is 1.58. The highest BCUT2D eigenvalue weighted by Gasteiger charge is 2.10. The lowest BCUT2D eigenvalue weighted by Gasteiger charge is -2.27. The van der Waals surface area contributed by atoms with Crippen LogP contribution in [-0.4, -0.2) is 50.1 Å². The number of hydrogen-bond acceptors (Lipinski definition) is 4. The number of nitrogens with one attached hydrogen (secondary N) is 2. The standard InChI is InChI=1S/C13H21N3OS.ClH/c1-11-9-18-10-12(11)13(17)15-3-2-6-16-7-4-14-5-8-16;/h9-10,14H,2-8H2,1H3,(H,15,17);1H. The fourth-order valence-electron chi connectivity index (χ4n) is 2.13. The molecule has 1 saturated heterocycles. The summed E-state index contributed by atoms with van der Waals surface area (Å²) in [4.78, 5) is 14.3. The number of halogens is 1. The van der Waals surface area contributed by atoms with Crippen LogP contribution in [0.5, 0.6) is 0 Å². The molecule has 0 bridgehead atoms. The quantitative estimate of drug-likeness (QED) is 0.810. The fourth-order valence-corrected chi connectivity index (χ4v) is 2.96. The third-order valence-electron chi connectivity index (χ3n) is 3.25. The zero-order valence-corrected chi connectivity index (χ0v) is 12.9. The van der Waals surface area contributed by atoms with Crippen molar-refractivity contribution >= 4 is 29.7 Å². The second-order valence-corrected chi connectivity index (χ2v) is 5.41. The Labute approximate surface area is 125 Å². The number of nitrogens with zero attached hydrogens (tertiary/aromatic N) is 1. The van der Waals surface area contributed by atoms with Crippen molar-refractivity contribution in [1.82, 2.24) is 15.5 Å². The average molecular weight is 304 g/mol. The summed E-state index contributed by atoms with van der Waals surface area (Å²) < 4.78 is 0. The second kappa shape index (κ2) is 8.53. The molecule has 0 saturated carbocycles. The molecule has 0 aromatic carbocycles. The summed E-state index contributed by atoms with van der Waals surface area (Å²) in [6, 6.07) is 0. The molecule has 1 aromatic heterocycles. The van der Waals surface area contributed by atoms with Crippen LogP contribution in [0.15, 0.2) is 10.8 Å². The molecule has 6 heteroatoms. The molecule has 2 N–H and O–H groups in total. The van der Waals surface area contributed by atoms with Gasteiger partial charge in [-0.15, -0.1) is 12.4 Å². The van der Waals surface area contributed by atoms with E-state index in [0.29, 0.717) is 0 Å². The average Bonchev–Trinajstić information content (AvgIpc) is 2.82. The largest absolute Gasteiger partial charge is 0.352 e. The van der Waals surface area contributed by atoms with Gasteiger partial charge in [-0.1, -0.05) is 0 Å². The third kappa shape index (κ3) is 5.10. The minimum Gasteiger partial charge on any atom is -0.352 e. The van der Waals surface area contributed by atoms with Crippen LogP contribution in [0.2, 0.25) is 0 Å². The number of rotatable bonds is 5. The predicted octanol–water partition coefficient (Wildman–Crippen LogP) is 1.50. The van der Waals surface area contributed by atoms with Gasteiger partial charge in [0.25, 0.3) is 5.91 Å². The number of amides is 1. The molecule has 1 fully saturated rings. The molecule has 0 spiro atoms. The van der Waals surface area contributed by atoms with Gasteiger partial charge >= 0.3 is 0 Å². The van der Waals surface area contributed by atoms with Gasteiger partial charge in [-0.05, 0) is 30.8 Å². The molecular formula is C13H22ClN3OS. The van der Waals surface area contributed by atoms with Gasteiger partial charge < -0.3 is 15.5 Å².